The Labute approximate surface area is 250 Å². The number of carboxylic acid groups (broad SMARTS) is 1. The van der Waals surface area contributed by atoms with Crippen molar-refractivity contribution < 1.29 is 29.1 Å². The summed E-state index contributed by atoms with van der Waals surface area (Å²) in [6.07, 6.45) is 11.1. The Kier molecular flexibility index (Phi) is 12.2. The number of pyridine rings is 1. The van der Waals surface area contributed by atoms with E-state index in [9.17, 15) is 24.6 Å². The third-order valence-corrected chi connectivity index (χ3v) is 8.26. The van der Waals surface area contributed by atoms with E-state index in [-0.39, 0.29) is 28.1 Å². The Bertz CT molecular complexity index is 1350. The van der Waals surface area contributed by atoms with Crippen molar-refractivity contribution in [2.45, 2.75) is 85.0 Å². The highest BCUT2D eigenvalue weighted by Gasteiger charge is 2.42. The SMILES string of the molecule is CCCC[N+](CCCC)(CCCC)CCCC.O=C([O-])c1ccc2c(c1)C(=O)C(c1nc3ccccc3cc1O)C2=O. The van der Waals surface area contributed by atoms with Crippen LogP contribution in [0.3, 0.4) is 0 Å². The fourth-order valence-electron chi connectivity index (χ4n) is 5.75. The van der Waals surface area contributed by atoms with Gasteiger partial charge in [-0.05, 0) is 55.5 Å². The molecular formula is C35H46N2O5. The molecule has 0 spiro atoms. The number of hydrogen-bond donors (Lipinski definition) is 1. The summed E-state index contributed by atoms with van der Waals surface area (Å²) in [5.74, 6) is -4.06. The number of benzene rings is 2. The highest BCUT2D eigenvalue weighted by atomic mass is 16.4. The summed E-state index contributed by atoms with van der Waals surface area (Å²) in [7, 11) is 0. The first-order chi connectivity index (χ1) is 20.2. The van der Waals surface area contributed by atoms with Gasteiger partial charge in [0.25, 0.3) is 0 Å². The lowest BCUT2D eigenvalue weighted by Crippen LogP contribution is -2.50. The van der Waals surface area contributed by atoms with E-state index in [1.165, 1.54) is 100 Å². The molecule has 42 heavy (non-hydrogen) atoms. The van der Waals surface area contributed by atoms with Crippen LogP contribution in [0.4, 0.5) is 0 Å². The fourth-order valence-corrected chi connectivity index (χ4v) is 5.75. The molecule has 0 aliphatic heterocycles. The molecule has 1 aromatic heterocycles. The van der Waals surface area contributed by atoms with Crippen molar-refractivity contribution in [2.24, 2.45) is 0 Å². The summed E-state index contributed by atoms with van der Waals surface area (Å²) < 4.78 is 1.42. The number of para-hydroxylation sites is 1. The molecule has 0 bridgehead atoms. The predicted molar refractivity (Wildman–Crippen MR) is 165 cm³/mol. The molecule has 7 heteroatoms. The molecule has 0 radical (unpaired) electrons. The zero-order chi connectivity index (χ0) is 30.7. The largest absolute Gasteiger partial charge is 0.545 e. The number of carbonyl (C=O) groups excluding carboxylic acids is 3. The number of aromatic hydroxyl groups is 1. The number of unbranched alkanes of at least 4 members (excludes halogenated alkanes) is 4. The number of quaternary nitrogens is 1. The van der Waals surface area contributed by atoms with E-state index >= 15 is 0 Å². The van der Waals surface area contributed by atoms with Gasteiger partial charge in [0.15, 0.2) is 11.6 Å². The van der Waals surface area contributed by atoms with Gasteiger partial charge in [0.2, 0.25) is 0 Å². The number of nitrogens with zero attached hydrogens (tertiary/aromatic N) is 2. The van der Waals surface area contributed by atoms with Crippen molar-refractivity contribution in [2.75, 3.05) is 26.2 Å². The Morgan fingerprint density at radius 2 is 1.31 bits per heavy atom. The van der Waals surface area contributed by atoms with Gasteiger partial charge in [0.05, 0.1) is 37.7 Å². The Morgan fingerprint density at radius 3 is 1.83 bits per heavy atom. The average molecular weight is 575 g/mol. The smallest absolute Gasteiger partial charge is 0.180 e. The number of hydrogen-bond acceptors (Lipinski definition) is 6. The third kappa shape index (κ3) is 7.82. The van der Waals surface area contributed by atoms with Crippen LogP contribution in [-0.4, -0.2) is 58.3 Å². The van der Waals surface area contributed by atoms with Crippen LogP contribution < -0.4 is 5.11 Å². The van der Waals surface area contributed by atoms with Crippen LogP contribution in [0.15, 0.2) is 48.5 Å². The van der Waals surface area contributed by atoms with Crippen molar-refractivity contribution in [3.8, 4) is 5.75 Å². The van der Waals surface area contributed by atoms with Crippen molar-refractivity contribution in [3.05, 3.63) is 70.9 Å². The van der Waals surface area contributed by atoms with E-state index < -0.39 is 23.5 Å². The predicted octanol–water partition coefficient (Wildman–Crippen LogP) is 6.47. The first kappa shape index (κ1) is 32.9. The number of aromatic nitrogens is 1. The molecule has 1 aliphatic rings. The zero-order valence-corrected chi connectivity index (χ0v) is 25.7. The number of fused-ring (bicyclic) bond motifs is 2. The van der Waals surface area contributed by atoms with Crippen molar-refractivity contribution in [1.29, 1.82) is 0 Å². The van der Waals surface area contributed by atoms with Crippen LogP contribution in [-0.2, 0) is 0 Å². The molecule has 1 N–H and O–H groups in total. The third-order valence-electron chi connectivity index (χ3n) is 8.26. The molecule has 0 fully saturated rings. The lowest BCUT2D eigenvalue weighted by molar-refractivity contribution is -0.929. The topological polar surface area (TPSA) is 107 Å². The molecule has 2 aromatic carbocycles. The maximum Gasteiger partial charge on any atom is 0.180 e. The number of carbonyl (C=O) groups is 3. The molecule has 226 valence electrons. The molecule has 0 saturated heterocycles. The molecule has 1 aliphatic carbocycles. The van der Waals surface area contributed by atoms with E-state index in [1.807, 2.05) is 0 Å². The molecule has 7 nitrogen and oxygen atoms in total. The van der Waals surface area contributed by atoms with E-state index in [1.54, 1.807) is 24.3 Å². The van der Waals surface area contributed by atoms with Crippen LogP contribution in [0, 0.1) is 0 Å². The zero-order valence-electron chi connectivity index (χ0n) is 25.7. The van der Waals surface area contributed by atoms with E-state index in [2.05, 4.69) is 32.7 Å². The highest BCUT2D eigenvalue weighted by molar-refractivity contribution is 6.30. The minimum Gasteiger partial charge on any atom is -0.545 e. The Morgan fingerprint density at radius 1 is 0.786 bits per heavy atom. The number of ketones is 2. The van der Waals surface area contributed by atoms with Crippen LogP contribution in [0.5, 0.6) is 5.75 Å². The summed E-state index contributed by atoms with van der Waals surface area (Å²) in [5.41, 5.74) is 0.457. The number of Topliss-reactive ketones (excluding diaryl/α,β-unsaturated/α-hetero) is 2. The van der Waals surface area contributed by atoms with Gasteiger partial charge in [-0.25, -0.2) is 4.98 Å². The quantitative estimate of drug-likeness (QED) is 0.175. The van der Waals surface area contributed by atoms with E-state index in [0.29, 0.717) is 10.9 Å². The van der Waals surface area contributed by atoms with E-state index in [0.717, 1.165) is 6.07 Å². The lowest BCUT2D eigenvalue weighted by Gasteiger charge is -2.39. The van der Waals surface area contributed by atoms with Crippen molar-refractivity contribution in [3.63, 3.8) is 0 Å². The van der Waals surface area contributed by atoms with Gasteiger partial charge in [-0.2, -0.15) is 0 Å². The second kappa shape index (κ2) is 15.6. The number of carboxylic acids is 1. The minimum atomic E-state index is -1.43. The van der Waals surface area contributed by atoms with Crippen molar-refractivity contribution in [1.82, 2.24) is 4.98 Å². The summed E-state index contributed by atoms with van der Waals surface area (Å²) in [6.45, 7) is 15.0. The lowest BCUT2D eigenvalue weighted by atomic mass is 9.97. The molecule has 0 amide bonds. The van der Waals surface area contributed by atoms with Gasteiger partial charge in [-0.15, -0.1) is 0 Å². The molecule has 3 aromatic rings. The fraction of sp³-hybridized carbons (Fsp3) is 0.486. The normalized spacial score (nSPS) is 14.5. The summed E-state index contributed by atoms with van der Waals surface area (Å²) in [6, 6.07) is 12.1. The summed E-state index contributed by atoms with van der Waals surface area (Å²) in [5, 5.41) is 21.9. The van der Waals surface area contributed by atoms with Crippen LogP contribution in [0.2, 0.25) is 0 Å². The highest BCUT2D eigenvalue weighted by Crippen LogP contribution is 2.38. The number of rotatable bonds is 14. The standard InChI is InChI=1S/C19H11NO5.C16H36N/c21-14-8-9-3-1-2-4-13(9)20-16(14)15-17(22)11-6-5-10(19(24)25)7-12(11)18(15)23;1-5-9-13-17(14-10-6-2,15-11-7-3)16-12-8-4/h1-8,15,21H,(H,24,25);5-16H2,1-4H3/q;+1/p-1. The van der Waals surface area contributed by atoms with Gasteiger partial charge in [-0.3, -0.25) is 9.59 Å². The average Bonchev–Trinajstić information content (AvgIpc) is 3.24. The Hall–Kier alpha value is -3.58. The van der Waals surface area contributed by atoms with Crippen LogP contribution >= 0.6 is 0 Å². The minimum absolute atomic E-state index is 0.00561. The summed E-state index contributed by atoms with van der Waals surface area (Å²) in [4.78, 5) is 40.6. The molecule has 0 saturated carbocycles. The molecule has 1 unspecified atom stereocenters. The van der Waals surface area contributed by atoms with Crippen LogP contribution in [0.1, 0.15) is 122 Å². The number of aromatic carboxylic acids is 1. The maximum absolute atomic E-state index is 12.7. The van der Waals surface area contributed by atoms with Gasteiger partial charge in [-0.1, -0.05) is 77.6 Å². The summed E-state index contributed by atoms with van der Waals surface area (Å²) >= 11 is 0. The maximum atomic E-state index is 12.7. The van der Waals surface area contributed by atoms with Gasteiger partial charge in [0.1, 0.15) is 17.4 Å². The van der Waals surface area contributed by atoms with Gasteiger partial charge in [0, 0.05) is 16.5 Å². The van der Waals surface area contributed by atoms with E-state index in [4.69, 9.17) is 0 Å². The van der Waals surface area contributed by atoms with Crippen molar-refractivity contribution >= 4 is 28.4 Å². The van der Waals surface area contributed by atoms with Gasteiger partial charge >= 0.3 is 0 Å². The first-order valence-corrected chi connectivity index (χ1v) is 15.6. The second-order valence-corrected chi connectivity index (χ2v) is 11.4. The molecule has 1 heterocycles. The first-order valence-electron chi connectivity index (χ1n) is 15.6. The monoisotopic (exact) mass is 574 g/mol. The Balaban J connectivity index is 0.000000252. The van der Waals surface area contributed by atoms with Crippen LogP contribution in [0.25, 0.3) is 10.9 Å². The molecular weight excluding hydrogens is 528 g/mol. The molecule has 4 rings (SSSR count). The van der Waals surface area contributed by atoms with Gasteiger partial charge < -0.3 is 19.5 Å². The second-order valence-electron chi connectivity index (χ2n) is 11.4. The molecule has 1 atom stereocenters.